The molecule has 0 bridgehead atoms. The quantitative estimate of drug-likeness (QED) is 0.365. The van der Waals surface area contributed by atoms with Crippen molar-refractivity contribution in [3.05, 3.63) is 28.2 Å². The van der Waals surface area contributed by atoms with Crippen LogP contribution in [0.4, 0.5) is 22.0 Å². The van der Waals surface area contributed by atoms with Crippen molar-refractivity contribution < 1.29 is 36.2 Å². The Balaban J connectivity index is 2.51. The Bertz CT molecular complexity index is 794. The maximum Gasteiger partial charge on any atom is 0.428 e. The van der Waals surface area contributed by atoms with Crippen molar-refractivity contribution in [2.24, 2.45) is 4.99 Å². The molecule has 0 saturated heterocycles. The first-order valence-electron chi connectivity index (χ1n) is 8.14. The fraction of sp³-hybridized carbons (Fsp3) is 0.588. The summed E-state index contributed by atoms with van der Waals surface area (Å²) in [7, 11) is 0. The van der Waals surface area contributed by atoms with E-state index in [0.717, 1.165) is 13.0 Å². The molecule has 0 N–H and O–H groups in total. The van der Waals surface area contributed by atoms with E-state index in [-0.39, 0.29) is 4.60 Å². The molecule has 3 atom stereocenters. The van der Waals surface area contributed by atoms with Gasteiger partial charge in [-0.3, -0.25) is 4.79 Å². The molecule has 1 aromatic rings. The summed E-state index contributed by atoms with van der Waals surface area (Å²) in [5.41, 5.74) is -3.92. The minimum atomic E-state index is -5.13. The van der Waals surface area contributed by atoms with Crippen LogP contribution in [0.1, 0.15) is 39.8 Å². The highest BCUT2D eigenvalue weighted by Gasteiger charge is 2.59. The van der Waals surface area contributed by atoms with Gasteiger partial charge in [0.05, 0.1) is 0 Å². The molecule has 5 nitrogen and oxygen atoms in total. The largest absolute Gasteiger partial charge is 0.464 e. The summed E-state index contributed by atoms with van der Waals surface area (Å²) < 4.78 is 79.0. The zero-order valence-corrected chi connectivity index (χ0v) is 17.0. The fourth-order valence-corrected chi connectivity index (χ4v) is 2.93. The summed E-state index contributed by atoms with van der Waals surface area (Å²) in [6.45, 7) is 5.66. The number of alkyl halides is 4. The second kappa shape index (κ2) is 7.57. The van der Waals surface area contributed by atoms with Crippen LogP contribution in [0.15, 0.2) is 21.7 Å². The van der Waals surface area contributed by atoms with Crippen LogP contribution in [0.5, 0.6) is 0 Å². The van der Waals surface area contributed by atoms with Gasteiger partial charge in [0.25, 0.3) is 0 Å². The topological polar surface area (TPSA) is 60.8 Å². The van der Waals surface area contributed by atoms with Crippen LogP contribution in [0.3, 0.4) is 0 Å². The zero-order valence-electron chi connectivity index (χ0n) is 15.4. The van der Waals surface area contributed by atoms with Crippen LogP contribution in [-0.2, 0) is 19.8 Å². The van der Waals surface area contributed by atoms with E-state index in [0.29, 0.717) is 0 Å². The number of hydrogen-bond acceptors (Lipinski definition) is 5. The Kier molecular flexibility index (Phi) is 6.08. The van der Waals surface area contributed by atoms with Gasteiger partial charge in [-0.15, -0.1) is 0 Å². The Hall–Kier alpha value is -1.78. The van der Waals surface area contributed by atoms with Crippen molar-refractivity contribution in [1.29, 1.82) is 0 Å². The van der Waals surface area contributed by atoms with Gasteiger partial charge in [0, 0.05) is 0 Å². The predicted octanol–water partition coefficient (Wildman–Crippen LogP) is 4.63. The number of aromatic nitrogens is 1. The number of ether oxygens (including phenoxy) is 2. The molecule has 1 aromatic heterocycles. The summed E-state index contributed by atoms with van der Waals surface area (Å²) in [6.07, 6.45) is -11.7. The van der Waals surface area contributed by atoms with E-state index >= 15 is 0 Å². The second-order valence-corrected chi connectivity index (χ2v) is 8.17. The van der Waals surface area contributed by atoms with E-state index in [9.17, 15) is 26.7 Å². The molecule has 0 spiro atoms. The Morgan fingerprint density at radius 1 is 1.32 bits per heavy atom. The fourth-order valence-electron chi connectivity index (χ4n) is 2.62. The van der Waals surface area contributed by atoms with Crippen molar-refractivity contribution in [1.82, 2.24) is 4.98 Å². The molecule has 0 unspecified atom stereocenters. The third kappa shape index (κ3) is 4.98. The molecule has 1 aliphatic rings. The summed E-state index contributed by atoms with van der Waals surface area (Å²) >= 11 is 2.97. The maximum absolute atomic E-state index is 14.9. The molecule has 0 fully saturated rings. The van der Waals surface area contributed by atoms with Gasteiger partial charge in [0.2, 0.25) is 6.10 Å². The van der Waals surface area contributed by atoms with Crippen LogP contribution in [0, 0.1) is 5.82 Å². The van der Waals surface area contributed by atoms with Crippen molar-refractivity contribution in [2.75, 3.05) is 0 Å². The third-order valence-corrected chi connectivity index (χ3v) is 4.19. The number of esters is 1. The van der Waals surface area contributed by atoms with Gasteiger partial charge in [-0.2, -0.15) is 13.2 Å². The number of hydrogen-bond donors (Lipinski definition) is 0. The Morgan fingerprint density at radius 2 is 1.93 bits per heavy atom. The number of pyridine rings is 1. The second-order valence-electron chi connectivity index (χ2n) is 7.36. The lowest BCUT2D eigenvalue weighted by molar-refractivity contribution is -0.228. The van der Waals surface area contributed by atoms with Crippen molar-refractivity contribution in [2.45, 2.75) is 63.7 Å². The molecule has 1 aliphatic heterocycles. The predicted molar refractivity (Wildman–Crippen MR) is 93.0 cm³/mol. The standard InChI is InChI=1S/C17H18BrF5N2O3/c1-15(2,3)28-11(26)7-10-25-16(4,12(20)14(27-10)17(21,22)23)13-8(19)5-6-9(18)24-13/h5-6,12,14H,7H2,1-4H3/t12-,14+,16-/m0/s1. The summed E-state index contributed by atoms with van der Waals surface area (Å²) in [4.78, 5) is 19.5. The lowest BCUT2D eigenvalue weighted by Crippen LogP contribution is -2.54. The summed E-state index contributed by atoms with van der Waals surface area (Å²) in [6, 6.07) is 2.13. The Labute approximate surface area is 166 Å². The van der Waals surface area contributed by atoms with Crippen LogP contribution < -0.4 is 0 Å². The van der Waals surface area contributed by atoms with Gasteiger partial charge in [-0.25, -0.2) is 18.8 Å². The molecule has 11 heteroatoms. The average molecular weight is 473 g/mol. The van der Waals surface area contributed by atoms with Crippen LogP contribution in [0.2, 0.25) is 0 Å². The van der Waals surface area contributed by atoms with E-state index in [1.807, 2.05) is 0 Å². The molecule has 0 aromatic carbocycles. The van der Waals surface area contributed by atoms with Crippen LogP contribution in [0.25, 0.3) is 0 Å². The number of halogens is 6. The smallest absolute Gasteiger partial charge is 0.428 e. The normalized spacial score (nSPS) is 25.7. The van der Waals surface area contributed by atoms with Gasteiger partial charge in [0.1, 0.15) is 33.7 Å². The number of carbonyl (C=O) groups is 1. The summed E-state index contributed by atoms with van der Waals surface area (Å²) in [5.74, 6) is -2.68. The monoisotopic (exact) mass is 472 g/mol. The molecule has 0 radical (unpaired) electrons. The van der Waals surface area contributed by atoms with Crippen molar-refractivity contribution in [3.8, 4) is 0 Å². The molecule has 156 valence electrons. The number of nitrogens with zero attached hydrogens (tertiary/aromatic N) is 2. The highest BCUT2D eigenvalue weighted by molar-refractivity contribution is 9.10. The molecular weight excluding hydrogens is 455 g/mol. The van der Waals surface area contributed by atoms with Crippen LogP contribution >= 0.6 is 15.9 Å². The van der Waals surface area contributed by atoms with E-state index in [2.05, 4.69) is 30.6 Å². The molecule has 0 amide bonds. The summed E-state index contributed by atoms with van der Waals surface area (Å²) in [5, 5.41) is 0. The molecule has 0 saturated carbocycles. The zero-order chi connectivity index (χ0) is 21.5. The van der Waals surface area contributed by atoms with Crippen LogP contribution in [-0.4, -0.2) is 40.9 Å². The molecule has 2 rings (SSSR count). The average Bonchev–Trinajstić information content (AvgIpc) is 2.50. The first kappa shape index (κ1) is 22.5. The highest BCUT2D eigenvalue weighted by Crippen LogP contribution is 2.43. The lowest BCUT2D eigenvalue weighted by atomic mass is 9.86. The lowest BCUT2D eigenvalue weighted by Gasteiger charge is -2.39. The molecule has 28 heavy (non-hydrogen) atoms. The third-order valence-electron chi connectivity index (χ3n) is 3.75. The number of carbonyl (C=O) groups excluding carboxylic acids is 1. The van der Waals surface area contributed by atoms with Gasteiger partial charge >= 0.3 is 12.1 Å². The number of rotatable bonds is 3. The van der Waals surface area contributed by atoms with E-state index in [1.54, 1.807) is 20.8 Å². The molecule has 2 heterocycles. The van der Waals surface area contributed by atoms with E-state index < -0.39 is 59.4 Å². The molecule has 0 aliphatic carbocycles. The minimum absolute atomic E-state index is 0.0799. The van der Waals surface area contributed by atoms with Gasteiger partial charge < -0.3 is 9.47 Å². The van der Waals surface area contributed by atoms with Crippen molar-refractivity contribution in [3.63, 3.8) is 0 Å². The van der Waals surface area contributed by atoms with Crippen molar-refractivity contribution >= 4 is 27.8 Å². The molecular formula is C17H18BrF5N2O3. The van der Waals surface area contributed by atoms with Gasteiger partial charge in [-0.1, -0.05) is 0 Å². The van der Waals surface area contributed by atoms with E-state index in [4.69, 9.17) is 4.74 Å². The SMILES string of the molecule is CC(C)(C)OC(=O)CC1=N[C@](C)(c2nc(Br)ccc2F)[C@@H](F)[C@H](C(F)(F)F)O1. The Morgan fingerprint density at radius 3 is 2.46 bits per heavy atom. The van der Waals surface area contributed by atoms with E-state index in [1.165, 1.54) is 6.07 Å². The maximum atomic E-state index is 14.9. The first-order valence-corrected chi connectivity index (χ1v) is 8.93. The van der Waals surface area contributed by atoms with Gasteiger partial charge in [-0.05, 0) is 55.8 Å². The number of aliphatic imine (C=N–C) groups is 1. The van der Waals surface area contributed by atoms with Gasteiger partial charge in [0.15, 0.2) is 12.1 Å². The highest BCUT2D eigenvalue weighted by atomic mass is 79.9. The minimum Gasteiger partial charge on any atom is -0.464 e. The first-order chi connectivity index (χ1) is 12.6.